The normalized spacial score (nSPS) is 34.9. The van der Waals surface area contributed by atoms with Crippen molar-refractivity contribution in [2.45, 2.75) is 25.9 Å². The van der Waals surface area contributed by atoms with E-state index in [4.69, 9.17) is 16.3 Å². The van der Waals surface area contributed by atoms with Crippen molar-refractivity contribution in [3.63, 3.8) is 0 Å². The van der Waals surface area contributed by atoms with Crippen LogP contribution in [0.25, 0.3) is 0 Å². The third-order valence-electron chi connectivity index (χ3n) is 5.36. The predicted octanol–water partition coefficient (Wildman–Crippen LogP) is 2.42. The number of ether oxygens (including phenoxy) is 1. The third-order valence-corrected chi connectivity index (χ3v) is 5.61. The Morgan fingerprint density at radius 1 is 1.13 bits per heavy atom. The van der Waals surface area contributed by atoms with Crippen LogP contribution in [0.15, 0.2) is 24.3 Å². The van der Waals surface area contributed by atoms with Crippen LogP contribution < -0.4 is 4.90 Å². The molecule has 6 heteroatoms. The summed E-state index contributed by atoms with van der Waals surface area (Å²) in [6.07, 6.45) is 1.23. The fraction of sp³-hybridized carbons (Fsp3) is 0.471. The quantitative estimate of drug-likeness (QED) is 0.616. The highest BCUT2D eigenvalue weighted by atomic mass is 35.5. The number of anilines is 1. The van der Waals surface area contributed by atoms with Gasteiger partial charge in [-0.15, -0.1) is 0 Å². The van der Waals surface area contributed by atoms with Crippen LogP contribution in [0.4, 0.5) is 5.69 Å². The topological polar surface area (TPSA) is 63.7 Å². The minimum Gasteiger partial charge on any atom is -0.462 e. The van der Waals surface area contributed by atoms with Crippen molar-refractivity contribution in [1.29, 1.82) is 0 Å². The van der Waals surface area contributed by atoms with Crippen molar-refractivity contribution in [2.24, 2.45) is 23.7 Å². The maximum absolute atomic E-state index is 12.8. The monoisotopic (exact) mass is 333 g/mol. The van der Waals surface area contributed by atoms with E-state index in [1.807, 2.05) is 0 Å². The first-order valence-corrected chi connectivity index (χ1v) is 8.16. The molecule has 23 heavy (non-hydrogen) atoms. The number of fused-ring (bicyclic) bond motifs is 5. The zero-order chi connectivity index (χ0) is 16.3. The summed E-state index contributed by atoms with van der Waals surface area (Å²) in [4.78, 5) is 38.1. The zero-order valence-corrected chi connectivity index (χ0v) is 13.3. The maximum atomic E-state index is 12.8. The van der Waals surface area contributed by atoms with Gasteiger partial charge in [-0.3, -0.25) is 19.3 Å². The first-order chi connectivity index (χ1) is 11.0. The van der Waals surface area contributed by atoms with Crippen LogP contribution in [0.1, 0.15) is 19.8 Å². The Bertz CT molecular complexity index is 701. The number of amides is 2. The predicted molar refractivity (Wildman–Crippen MR) is 82.7 cm³/mol. The molecule has 1 aromatic carbocycles. The summed E-state index contributed by atoms with van der Waals surface area (Å²) in [5.41, 5.74) is 0.558. The molecule has 3 fully saturated rings. The fourth-order valence-electron chi connectivity index (χ4n) is 4.59. The summed E-state index contributed by atoms with van der Waals surface area (Å²) in [5, 5.41) is 0.558. The number of halogens is 1. The molecule has 3 aliphatic rings. The lowest BCUT2D eigenvalue weighted by atomic mass is 9.79. The molecule has 1 aliphatic heterocycles. The standard InChI is InChI=1S/C17H16ClNO4/c1-8(20)23-13-7-9-6-12(13)15-14(9)16(21)19(17(15)22)11-4-2-10(18)3-5-11/h2-5,9,12-15H,6-7H2,1H3. The highest BCUT2D eigenvalue weighted by Crippen LogP contribution is 2.57. The Kier molecular flexibility index (Phi) is 3.23. The number of nitrogens with zero attached hydrogens (tertiary/aromatic N) is 1. The van der Waals surface area contributed by atoms with E-state index < -0.39 is 0 Å². The van der Waals surface area contributed by atoms with Gasteiger partial charge in [0.1, 0.15) is 6.10 Å². The van der Waals surface area contributed by atoms with Crippen LogP contribution in [0.5, 0.6) is 0 Å². The van der Waals surface area contributed by atoms with Crippen molar-refractivity contribution >= 4 is 35.1 Å². The first kappa shape index (κ1) is 14.7. The van der Waals surface area contributed by atoms with Crippen LogP contribution >= 0.6 is 11.6 Å². The average molecular weight is 334 g/mol. The molecule has 5 nitrogen and oxygen atoms in total. The number of hydrogen-bond donors (Lipinski definition) is 0. The molecule has 5 unspecified atom stereocenters. The molecule has 120 valence electrons. The van der Waals surface area contributed by atoms with Gasteiger partial charge in [0.2, 0.25) is 11.8 Å². The van der Waals surface area contributed by atoms with E-state index in [2.05, 4.69) is 0 Å². The number of rotatable bonds is 2. The Labute approximate surface area is 138 Å². The lowest BCUT2D eigenvalue weighted by Crippen LogP contribution is -2.36. The average Bonchev–Trinajstić information content (AvgIpc) is 3.12. The van der Waals surface area contributed by atoms with Crippen molar-refractivity contribution < 1.29 is 19.1 Å². The zero-order valence-electron chi connectivity index (χ0n) is 12.6. The van der Waals surface area contributed by atoms with Gasteiger partial charge in [0.05, 0.1) is 17.5 Å². The van der Waals surface area contributed by atoms with Gasteiger partial charge in [0.25, 0.3) is 0 Å². The number of esters is 1. The number of carbonyl (C=O) groups excluding carboxylic acids is 3. The molecule has 0 aromatic heterocycles. The van der Waals surface area contributed by atoms with Crippen LogP contribution in [-0.4, -0.2) is 23.9 Å². The highest BCUT2D eigenvalue weighted by Gasteiger charge is 2.64. The Morgan fingerprint density at radius 3 is 2.43 bits per heavy atom. The Morgan fingerprint density at radius 2 is 1.78 bits per heavy atom. The molecule has 2 saturated carbocycles. The van der Waals surface area contributed by atoms with Gasteiger partial charge in [0, 0.05) is 17.9 Å². The second kappa shape index (κ2) is 5.06. The minimum absolute atomic E-state index is 0.0392. The molecule has 2 bridgehead atoms. The summed E-state index contributed by atoms with van der Waals surface area (Å²) >= 11 is 5.87. The van der Waals surface area contributed by atoms with E-state index in [1.165, 1.54) is 11.8 Å². The molecule has 0 radical (unpaired) electrons. The lowest BCUT2D eigenvalue weighted by Gasteiger charge is -2.27. The second-order valence-electron chi connectivity index (χ2n) is 6.58. The number of carbonyl (C=O) groups is 3. The minimum atomic E-state index is -0.360. The van der Waals surface area contributed by atoms with Crippen LogP contribution in [0.2, 0.25) is 5.02 Å². The summed E-state index contributed by atoms with van der Waals surface area (Å²) < 4.78 is 5.36. The van der Waals surface area contributed by atoms with Gasteiger partial charge >= 0.3 is 5.97 Å². The summed E-state index contributed by atoms with van der Waals surface area (Å²) in [5.74, 6) is -1.17. The van der Waals surface area contributed by atoms with Gasteiger partial charge < -0.3 is 4.74 Å². The van der Waals surface area contributed by atoms with Gasteiger partial charge in [-0.2, -0.15) is 0 Å². The Hall–Kier alpha value is -1.88. The lowest BCUT2D eigenvalue weighted by molar-refractivity contribution is -0.151. The van der Waals surface area contributed by atoms with Gasteiger partial charge in [-0.1, -0.05) is 11.6 Å². The molecule has 1 heterocycles. The molecular weight excluding hydrogens is 318 g/mol. The van der Waals surface area contributed by atoms with E-state index in [1.54, 1.807) is 24.3 Å². The molecule has 5 atom stereocenters. The van der Waals surface area contributed by atoms with E-state index >= 15 is 0 Å². The van der Waals surface area contributed by atoms with Crippen LogP contribution in [-0.2, 0) is 19.1 Å². The molecule has 0 spiro atoms. The third kappa shape index (κ3) is 2.10. The SMILES string of the molecule is CC(=O)OC1CC2CC1C1C(=O)N(c3ccc(Cl)cc3)C(=O)C21. The van der Waals surface area contributed by atoms with Crippen molar-refractivity contribution in [3.05, 3.63) is 29.3 Å². The van der Waals surface area contributed by atoms with Crippen LogP contribution in [0, 0.1) is 23.7 Å². The van der Waals surface area contributed by atoms with E-state index in [-0.39, 0.29) is 47.6 Å². The molecule has 2 aliphatic carbocycles. The summed E-state index contributed by atoms with van der Waals surface area (Å²) in [6.45, 7) is 1.38. The Balaban J connectivity index is 1.64. The molecule has 4 rings (SSSR count). The van der Waals surface area contributed by atoms with Crippen molar-refractivity contribution in [1.82, 2.24) is 0 Å². The highest BCUT2D eigenvalue weighted by molar-refractivity contribution is 6.30. The molecule has 1 aromatic rings. The maximum Gasteiger partial charge on any atom is 0.302 e. The summed E-state index contributed by atoms with van der Waals surface area (Å²) in [6, 6.07) is 6.71. The van der Waals surface area contributed by atoms with E-state index in [9.17, 15) is 14.4 Å². The van der Waals surface area contributed by atoms with Gasteiger partial charge in [-0.25, -0.2) is 0 Å². The smallest absolute Gasteiger partial charge is 0.302 e. The molecule has 0 N–H and O–H groups in total. The largest absolute Gasteiger partial charge is 0.462 e. The molecule has 1 saturated heterocycles. The van der Waals surface area contributed by atoms with Crippen molar-refractivity contribution in [3.8, 4) is 0 Å². The second-order valence-corrected chi connectivity index (χ2v) is 7.02. The number of benzene rings is 1. The van der Waals surface area contributed by atoms with E-state index in [0.717, 1.165) is 6.42 Å². The molecular formula is C17H16ClNO4. The number of imide groups is 1. The molecule has 2 amide bonds. The summed E-state index contributed by atoms with van der Waals surface area (Å²) in [7, 11) is 0. The van der Waals surface area contributed by atoms with Gasteiger partial charge in [0.15, 0.2) is 0 Å². The fourth-order valence-corrected chi connectivity index (χ4v) is 4.72. The van der Waals surface area contributed by atoms with E-state index in [0.29, 0.717) is 17.1 Å². The first-order valence-electron chi connectivity index (χ1n) is 7.78. The van der Waals surface area contributed by atoms with Crippen molar-refractivity contribution in [2.75, 3.05) is 4.90 Å². The van der Waals surface area contributed by atoms with Crippen LogP contribution in [0.3, 0.4) is 0 Å². The number of hydrogen-bond acceptors (Lipinski definition) is 4. The van der Waals surface area contributed by atoms with Gasteiger partial charge in [-0.05, 0) is 43.0 Å².